The lowest BCUT2D eigenvalue weighted by Crippen LogP contribution is -2.53. The molecule has 2 aromatic rings. The van der Waals surface area contributed by atoms with Crippen molar-refractivity contribution >= 4 is 10.2 Å². The van der Waals surface area contributed by atoms with Crippen LogP contribution in [-0.4, -0.2) is 30.8 Å². The van der Waals surface area contributed by atoms with Crippen LogP contribution in [0.15, 0.2) is 60.7 Å². The van der Waals surface area contributed by atoms with Gasteiger partial charge < -0.3 is 5.32 Å². The number of hydrogen-bond acceptors (Lipinski definition) is 3. The van der Waals surface area contributed by atoms with E-state index in [0.29, 0.717) is 6.54 Å². The van der Waals surface area contributed by atoms with Gasteiger partial charge in [-0.3, -0.25) is 0 Å². The second kappa shape index (κ2) is 7.48. The highest BCUT2D eigenvalue weighted by molar-refractivity contribution is 7.87. The predicted molar refractivity (Wildman–Crippen MR) is 103 cm³/mol. The first-order valence-corrected chi connectivity index (χ1v) is 10.7. The zero-order valence-electron chi connectivity index (χ0n) is 14.7. The normalized spacial score (nSPS) is 27.9. The van der Waals surface area contributed by atoms with Crippen LogP contribution in [0.25, 0.3) is 0 Å². The summed E-state index contributed by atoms with van der Waals surface area (Å²) in [4.78, 5) is 0. The molecule has 1 aliphatic carbocycles. The highest BCUT2D eigenvalue weighted by atomic mass is 32.2. The molecule has 4 rings (SSSR count). The molecule has 2 fully saturated rings. The van der Waals surface area contributed by atoms with E-state index in [1.165, 1.54) is 5.56 Å². The average Bonchev–Trinajstić information content (AvgIpc) is 2.92. The summed E-state index contributed by atoms with van der Waals surface area (Å²) >= 11 is 0. The van der Waals surface area contributed by atoms with Crippen LogP contribution >= 0.6 is 0 Å². The number of rotatable bonds is 5. The number of fused-ring (bicyclic) bond motifs is 1. The van der Waals surface area contributed by atoms with Crippen LogP contribution in [0.2, 0.25) is 0 Å². The van der Waals surface area contributed by atoms with Crippen molar-refractivity contribution in [1.82, 2.24) is 14.3 Å². The van der Waals surface area contributed by atoms with Crippen molar-refractivity contribution in [3.8, 4) is 0 Å². The van der Waals surface area contributed by atoms with Gasteiger partial charge in [-0.2, -0.15) is 17.4 Å². The third kappa shape index (κ3) is 3.69. The van der Waals surface area contributed by atoms with E-state index >= 15 is 0 Å². The summed E-state index contributed by atoms with van der Waals surface area (Å²) < 4.78 is 30.1. The highest BCUT2D eigenvalue weighted by Crippen LogP contribution is 2.32. The molecular formula is C20H25N3O2S. The van der Waals surface area contributed by atoms with Crippen LogP contribution in [0.5, 0.6) is 0 Å². The van der Waals surface area contributed by atoms with E-state index in [4.69, 9.17) is 0 Å². The molecule has 1 saturated heterocycles. The van der Waals surface area contributed by atoms with E-state index in [-0.39, 0.29) is 18.1 Å². The van der Waals surface area contributed by atoms with Crippen LogP contribution in [-0.2, 0) is 23.3 Å². The van der Waals surface area contributed by atoms with Crippen molar-refractivity contribution in [2.24, 2.45) is 0 Å². The van der Waals surface area contributed by atoms with E-state index in [1.807, 2.05) is 48.5 Å². The Morgan fingerprint density at radius 3 is 2.31 bits per heavy atom. The first-order valence-electron chi connectivity index (χ1n) is 9.24. The first-order chi connectivity index (χ1) is 12.6. The molecule has 26 heavy (non-hydrogen) atoms. The molecule has 0 radical (unpaired) electrons. The molecule has 2 aromatic carbocycles. The Morgan fingerprint density at radius 1 is 0.962 bits per heavy atom. The van der Waals surface area contributed by atoms with Gasteiger partial charge in [-0.15, -0.1) is 0 Å². The topological polar surface area (TPSA) is 61.4 Å². The number of nitrogens with one attached hydrogen (secondary N) is 2. The number of hydrogen-bond donors (Lipinski definition) is 2. The average molecular weight is 372 g/mol. The number of nitrogens with zero attached hydrogens (tertiary/aromatic N) is 1. The standard InChI is InChI=1S/C20H25N3O2S/c24-26(25)22-20-18(21-14-16-8-3-1-4-9-16)12-7-13-19(20)23(26)15-17-10-5-2-6-11-17/h1-6,8-11,18-22H,7,12-15H2/t18-,19-,20+/m0/s1. The van der Waals surface area contributed by atoms with Gasteiger partial charge in [0, 0.05) is 25.2 Å². The van der Waals surface area contributed by atoms with Gasteiger partial charge in [-0.05, 0) is 24.0 Å². The van der Waals surface area contributed by atoms with Crippen molar-refractivity contribution in [3.05, 3.63) is 71.8 Å². The molecule has 0 unspecified atom stereocenters. The molecule has 0 spiro atoms. The third-order valence-electron chi connectivity index (χ3n) is 5.42. The Balaban J connectivity index is 1.48. The van der Waals surface area contributed by atoms with E-state index in [0.717, 1.165) is 31.4 Å². The summed E-state index contributed by atoms with van der Waals surface area (Å²) in [5.74, 6) is 0. The fraction of sp³-hybridized carbons (Fsp3) is 0.400. The van der Waals surface area contributed by atoms with Crippen molar-refractivity contribution in [3.63, 3.8) is 0 Å². The summed E-state index contributed by atoms with van der Waals surface area (Å²) in [6.07, 6.45) is 2.94. The van der Waals surface area contributed by atoms with Crippen molar-refractivity contribution < 1.29 is 8.42 Å². The summed E-state index contributed by atoms with van der Waals surface area (Å²) in [5, 5.41) is 3.58. The summed E-state index contributed by atoms with van der Waals surface area (Å²) in [6, 6.07) is 20.2. The van der Waals surface area contributed by atoms with Gasteiger partial charge >= 0.3 is 0 Å². The van der Waals surface area contributed by atoms with Crippen LogP contribution in [0.1, 0.15) is 30.4 Å². The van der Waals surface area contributed by atoms with Crippen LogP contribution < -0.4 is 10.0 Å². The Kier molecular flexibility index (Phi) is 5.09. The van der Waals surface area contributed by atoms with Crippen molar-refractivity contribution in [2.45, 2.75) is 50.5 Å². The van der Waals surface area contributed by atoms with Crippen molar-refractivity contribution in [1.29, 1.82) is 0 Å². The van der Waals surface area contributed by atoms with E-state index in [2.05, 4.69) is 22.2 Å². The molecule has 6 heteroatoms. The Labute approximate surface area is 155 Å². The largest absolute Gasteiger partial charge is 0.308 e. The van der Waals surface area contributed by atoms with Gasteiger partial charge in [0.15, 0.2) is 0 Å². The molecule has 138 valence electrons. The Bertz CT molecular complexity index is 827. The monoisotopic (exact) mass is 371 g/mol. The fourth-order valence-electron chi connectivity index (χ4n) is 4.12. The van der Waals surface area contributed by atoms with E-state index in [1.54, 1.807) is 4.31 Å². The lowest BCUT2D eigenvalue weighted by molar-refractivity contribution is 0.207. The van der Waals surface area contributed by atoms with Gasteiger partial charge in [-0.1, -0.05) is 67.1 Å². The Hall–Kier alpha value is -1.73. The molecule has 0 amide bonds. The van der Waals surface area contributed by atoms with E-state index < -0.39 is 10.2 Å². The SMILES string of the molecule is O=S1(=O)N[C@@H]2[C@@H](NCc3ccccc3)CCC[C@@H]2N1Cc1ccccc1. The molecule has 2 aliphatic rings. The molecule has 1 heterocycles. The predicted octanol–water partition coefficient (Wildman–Crippen LogP) is 2.42. The minimum absolute atomic E-state index is 0.0160. The third-order valence-corrected chi connectivity index (χ3v) is 7.01. The second-order valence-electron chi connectivity index (χ2n) is 7.15. The maximum atomic E-state index is 12.7. The highest BCUT2D eigenvalue weighted by Gasteiger charge is 2.48. The number of benzene rings is 2. The van der Waals surface area contributed by atoms with Gasteiger partial charge in [-0.25, -0.2) is 0 Å². The van der Waals surface area contributed by atoms with Gasteiger partial charge in [0.05, 0.1) is 6.04 Å². The summed E-state index contributed by atoms with van der Waals surface area (Å²) in [6.45, 7) is 1.19. The maximum Gasteiger partial charge on any atom is 0.280 e. The zero-order valence-corrected chi connectivity index (χ0v) is 15.5. The molecule has 2 N–H and O–H groups in total. The molecule has 0 bridgehead atoms. The Morgan fingerprint density at radius 2 is 1.62 bits per heavy atom. The lowest BCUT2D eigenvalue weighted by atomic mass is 9.86. The maximum absolute atomic E-state index is 12.7. The smallest absolute Gasteiger partial charge is 0.280 e. The zero-order chi connectivity index (χ0) is 18.0. The molecule has 1 saturated carbocycles. The van der Waals surface area contributed by atoms with Crippen molar-refractivity contribution in [2.75, 3.05) is 0 Å². The summed E-state index contributed by atoms with van der Waals surface area (Å²) in [5.41, 5.74) is 2.24. The van der Waals surface area contributed by atoms with Gasteiger partial charge in [0.25, 0.3) is 10.2 Å². The molecule has 5 nitrogen and oxygen atoms in total. The van der Waals surface area contributed by atoms with Crippen LogP contribution in [0.3, 0.4) is 0 Å². The first kappa shape index (κ1) is 17.7. The molecule has 3 atom stereocenters. The minimum atomic E-state index is -3.44. The quantitative estimate of drug-likeness (QED) is 0.849. The van der Waals surface area contributed by atoms with Gasteiger partial charge in [0.1, 0.15) is 0 Å². The summed E-state index contributed by atoms with van der Waals surface area (Å²) in [7, 11) is -3.44. The minimum Gasteiger partial charge on any atom is -0.308 e. The molecular weight excluding hydrogens is 346 g/mol. The fourth-order valence-corrected chi connectivity index (χ4v) is 5.83. The van der Waals surface area contributed by atoms with Gasteiger partial charge in [0.2, 0.25) is 0 Å². The van der Waals surface area contributed by atoms with Crippen LogP contribution in [0, 0.1) is 0 Å². The van der Waals surface area contributed by atoms with E-state index in [9.17, 15) is 8.42 Å². The lowest BCUT2D eigenvalue weighted by Gasteiger charge is -2.35. The molecule has 0 aromatic heterocycles. The molecule has 1 aliphatic heterocycles. The van der Waals surface area contributed by atoms with Crippen LogP contribution in [0.4, 0.5) is 0 Å². The second-order valence-corrected chi connectivity index (χ2v) is 8.81.